The third-order valence-corrected chi connectivity index (χ3v) is 5.75. The van der Waals surface area contributed by atoms with E-state index in [1.807, 2.05) is 67.3 Å². The van der Waals surface area contributed by atoms with Gasteiger partial charge in [0.05, 0.1) is 12.3 Å². The van der Waals surface area contributed by atoms with Gasteiger partial charge in [-0.25, -0.2) is 0 Å². The number of nitrogens with zero attached hydrogens (tertiary/aromatic N) is 2. The minimum atomic E-state index is 0.200. The number of halogens is 1. The highest BCUT2D eigenvalue weighted by molar-refractivity contribution is 6.30. The van der Waals surface area contributed by atoms with Gasteiger partial charge in [-0.2, -0.15) is 0 Å². The van der Waals surface area contributed by atoms with Gasteiger partial charge in [0.2, 0.25) is 5.91 Å². The molecule has 1 amide bonds. The zero-order chi connectivity index (χ0) is 21.3. The number of amides is 1. The van der Waals surface area contributed by atoms with Crippen LogP contribution < -0.4 is 15.0 Å². The molecule has 3 rings (SSSR count). The summed E-state index contributed by atoms with van der Waals surface area (Å²) in [6.07, 6.45) is 2.50. The monoisotopic (exact) mass is 429 g/mol. The molecule has 0 saturated carbocycles. The van der Waals surface area contributed by atoms with Crippen LogP contribution in [0.4, 0.5) is 11.4 Å². The molecular formula is C24H32ClN3O2. The maximum Gasteiger partial charge on any atom is 0.226 e. The van der Waals surface area contributed by atoms with E-state index < -0.39 is 0 Å². The maximum atomic E-state index is 12.6. The van der Waals surface area contributed by atoms with Crippen molar-refractivity contribution in [1.29, 1.82) is 0 Å². The number of para-hydroxylation sites is 1. The molecule has 1 N–H and O–H groups in total. The number of hydrogen-bond donors (Lipinski definition) is 1. The number of rotatable bonds is 9. The van der Waals surface area contributed by atoms with Crippen LogP contribution in [-0.4, -0.2) is 49.6 Å². The van der Waals surface area contributed by atoms with E-state index in [-0.39, 0.29) is 11.9 Å². The van der Waals surface area contributed by atoms with Crippen LogP contribution in [0.15, 0.2) is 48.5 Å². The predicted molar refractivity (Wildman–Crippen MR) is 125 cm³/mol. The quantitative estimate of drug-likeness (QED) is 0.605. The van der Waals surface area contributed by atoms with Crippen LogP contribution in [0, 0.1) is 0 Å². The van der Waals surface area contributed by atoms with Gasteiger partial charge >= 0.3 is 0 Å². The van der Waals surface area contributed by atoms with Crippen LogP contribution in [-0.2, 0) is 4.79 Å². The second-order valence-electron chi connectivity index (χ2n) is 7.53. The molecule has 0 spiro atoms. The second-order valence-corrected chi connectivity index (χ2v) is 7.96. The van der Waals surface area contributed by atoms with E-state index in [2.05, 4.69) is 10.2 Å². The normalized spacial score (nSPS) is 15.0. The fraction of sp³-hybridized carbons (Fsp3) is 0.458. The molecule has 1 aliphatic heterocycles. The number of ether oxygens (including phenoxy) is 1. The van der Waals surface area contributed by atoms with Crippen LogP contribution in [0.5, 0.6) is 5.75 Å². The van der Waals surface area contributed by atoms with Crippen molar-refractivity contribution >= 4 is 28.9 Å². The minimum absolute atomic E-state index is 0.200. The van der Waals surface area contributed by atoms with Gasteiger partial charge in [-0.3, -0.25) is 4.79 Å². The number of carbonyl (C=O) groups excluding carboxylic acids is 1. The minimum Gasteiger partial charge on any atom is -0.492 e. The molecule has 5 nitrogen and oxygen atoms in total. The number of hydrogen-bond acceptors (Lipinski definition) is 4. The van der Waals surface area contributed by atoms with Crippen molar-refractivity contribution in [3.63, 3.8) is 0 Å². The summed E-state index contributed by atoms with van der Waals surface area (Å²) in [5.74, 6) is 1.03. The third-order valence-electron chi connectivity index (χ3n) is 5.51. The molecule has 1 saturated heterocycles. The van der Waals surface area contributed by atoms with Gasteiger partial charge in [0, 0.05) is 49.4 Å². The molecule has 1 aliphatic rings. The molecule has 0 bridgehead atoms. The Hall–Kier alpha value is -2.24. The van der Waals surface area contributed by atoms with Crippen LogP contribution in [0.25, 0.3) is 0 Å². The number of carbonyl (C=O) groups is 1. The first-order chi connectivity index (χ1) is 14.6. The van der Waals surface area contributed by atoms with Gasteiger partial charge in [-0.05, 0) is 50.1 Å². The van der Waals surface area contributed by atoms with Gasteiger partial charge in [-0.15, -0.1) is 0 Å². The first kappa shape index (κ1) is 22.4. The molecule has 0 unspecified atom stereocenters. The third kappa shape index (κ3) is 5.89. The van der Waals surface area contributed by atoms with Crippen molar-refractivity contribution in [3.05, 3.63) is 53.6 Å². The molecule has 1 heterocycles. The van der Waals surface area contributed by atoms with Crippen molar-refractivity contribution in [2.24, 2.45) is 0 Å². The fourth-order valence-corrected chi connectivity index (χ4v) is 4.16. The van der Waals surface area contributed by atoms with Crippen LogP contribution >= 0.6 is 11.6 Å². The molecule has 0 aromatic heterocycles. The Morgan fingerprint density at radius 3 is 2.57 bits per heavy atom. The van der Waals surface area contributed by atoms with E-state index >= 15 is 0 Å². The summed E-state index contributed by atoms with van der Waals surface area (Å²) in [6.45, 7) is 8.27. The molecular weight excluding hydrogens is 398 g/mol. The van der Waals surface area contributed by atoms with Gasteiger partial charge in [0.1, 0.15) is 5.75 Å². The fourth-order valence-electron chi connectivity index (χ4n) is 3.99. The van der Waals surface area contributed by atoms with Gasteiger partial charge in [-0.1, -0.05) is 36.7 Å². The first-order valence-electron chi connectivity index (χ1n) is 10.9. The highest BCUT2D eigenvalue weighted by Gasteiger charge is 2.28. The van der Waals surface area contributed by atoms with E-state index in [0.29, 0.717) is 18.1 Å². The standard InChI is InChI=1S/C24H32ClN3O2/c1-3-24(29)28(20-8-6-5-7-9-20)21-12-15-27(16-13-21)17-14-26-22-18-19(25)10-11-23(22)30-4-2/h5-11,18,21,26H,3-4,12-17H2,1-2H3. The lowest BCUT2D eigenvalue weighted by Crippen LogP contribution is -2.48. The number of benzene rings is 2. The van der Waals surface area contributed by atoms with Crippen molar-refractivity contribution < 1.29 is 9.53 Å². The smallest absolute Gasteiger partial charge is 0.226 e. The average Bonchev–Trinajstić information content (AvgIpc) is 2.77. The van der Waals surface area contributed by atoms with Gasteiger partial charge in [0.25, 0.3) is 0 Å². The summed E-state index contributed by atoms with van der Waals surface area (Å²) in [6, 6.07) is 16.0. The Labute approximate surface area is 185 Å². The molecule has 0 aliphatic carbocycles. The summed E-state index contributed by atoms with van der Waals surface area (Å²) in [4.78, 5) is 17.1. The van der Waals surface area contributed by atoms with Crippen LogP contribution in [0.1, 0.15) is 33.1 Å². The lowest BCUT2D eigenvalue weighted by Gasteiger charge is -2.38. The van der Waals surface area contributed by atoms with E-state index in [1.165, 1.54) is 0 Å². The Morgan fingerprint density at radius 2 is 1.90 bits per heavy atom. The van der Waals surface area contributed by atoms with E-state index in [9.17, 15) is 4.79 Å². The van der Waals surface area contributed by atoms with E-state index in [1.54, 1.807) is 0 Å². The molecule has 1 fully saturated rings. The first-order valence-corrected chi connectivity index (χ1v) is 11.3. The highest BCUT2D eigenvalue weighted by Crippen LogP contribution is 2.28. The largest absolute Gasteiger partial charge is 0.492 e. The van der Waals surface area contributed by atoms with Crippen molar-refractivity contribution in [1.82, 2.24) is 4.90 Å². The second kappa shape index (κ2) is 11.2. The van der Waals surface area contributed by atoms with E-state index in [0.717, 1.165) is 56.1 Å². The molecule has 0 atom stereocenters. The highest BCUT2D eigenvalue weighted by atomic mass is 35.5. The summed E-state index contributed by atoms with van der Waals surface area (Å²) < 4.78 is 5.68. The van der Waals surface area contributed by atoms with Gasteiger partial charge < -0.3 is 19.9 Å². The molecule has 30 heavy (non-hydrogen) atoms. The number of anilines is 2. The number of piperidine rings is 1. The molecule has 162 valence electrons. The zero-order valence-corrected chi connectivity index (χ0v) is 18.7. The zero-order valence-electron chi connectivity index (χ0n) is 17.9. The lowest BCUT2D eigenvalue weighted by molar-refractivity contribution is -0.119. The van der Waals surface area contributed by atoms with Crippen LogP contribution in [0.2, 0.25) is 5.02 Å². The summed E-state index contributed by atoms with van der Waals surface area (Å²) in [5.41, 5.74) is 1.94. The summed E-state index contributed by atoms with van der Waals surface area (Å²) in [7, 11) is 0. The van der Waals surface area contributed by atoms with Crippen molar-refractivity contribution in [2.75, 3.05) is 43.0 Å². The van der Waals surface area contributed by atoms with Gasteiger partial charge in [0.15, 0.2) is 0 Å². The summed E-state index contributed by atoms with van der Waals surface area (Å²) >= 11 is 6.14. The van der Waals surface area contributed by atoms with Crippen LogP contribution in [0.3, 0.4) is 0 Å². The van der Waals surface area contributed by atoms with Crippen molar-refractivity contribution in [2.45, 2.75) is 39.2 Å². The maximum absolute atomic E-state index is 12.6. The number of nitrogens with one attached hydrogen (secondary N) is 1. The lowest BCUT2D eigenvalue weighted by atomic mass is 10.0. The Balaban J connectivity index is 1.52. The molecule has 6 heteroatoms. The average molecular weight is 430 g/mol. The number of likely N-dealkylation sites (tertiary alicyclic amines) is 1. The predicted octanol–water partition coefficient (Wildman–Crippen LogP) is 5.06. The summed E-state index contributed by atoms with van der Waals surface area (Å²) in [5, 5.41) is 4.16. The topological polar surface area (TPSA) is 44.8 Å². The molecule has 0 radical (unpaired) electrons. The molecule has 2 aromatic carbocycles. The van der Waals surface area contributed by atoms with E-state index in [4.69, 9.17) is 16.3 Å². The molecule has 2 aromatic rings. The Bertz CT molecular complexity index is 807. The van der Waals surface area contributed by atoms with Crippen molar-refractivity contribution in [3.8, 4) is 5.75 Å². The SMILES string of the molecule is CCOc1ccc(Cl)cc1NCCN1CCC(N(C(=O)CC)c2ccccc2)CC1. The Morgan fingerprint density at radius 1 is 1.17 bits per heavy atom. The Kier molecular flexibility index (Phi) is 8.40.